The van der Waals surface area contributed by atoms with Gasteiger partial charge in [-0.3, -0.25) is 4.79 Å². The maximum Gasteiger partial charge on any atom is 0.417 e. The minimum absolute atomic E-state index is 0.00481. The summed E-state index contributed by atoms with van der Waals surface area (Å²) in [5, 5.41) is 11.0. The van der Waals surface area contributed by atoms with E-state index in [0.29, 0.717) is 42.9 Å². The fourth-order valence-electron chi connectivity index (χ4n) is 4.60. The van der Waals surface area contributed by atoms with Crippen molar-refractivity contribution in [1.82, 2.24) is 4.90 Å². The Hall–Kier alpha value is -3.02. The molecule has 0 radical (unpaired) electrons. The van der Waals surface area contributed by atoms with Gasteiger partial charge in [0, 0.05) is 20.1 Å². The summed E-state index contributed by atoms with van der Waals surface area (Å²) in [7, 11) is 1.30. The second kappa shape index (κ2) is 15.3. The lowest BCUT2D eigenvalue weighted by molar-refractivity contribution is -0.148. The number of rotatable bonds is 15. The van der Waals surface area contributed by atoms with Crippen molar-refractivity contribution in [1.29, 1.82) is 0 Å². The average molecular weight is 631 g/mol. The molecule has 0 aliphatic carbocycles. The van der Waals surface area contributed by atoms with Crippen LogP contribution in [0.2, 0.25) is 0 Å². The van der Waals surface area contributed by atoms with Gasteiger partial charge in [-0.15, -0.1) is 0 Å². The number of nitrogens with zero attached hydrogens (tertiary/aromatic N) is 1. The smallest absolute Gasteiger partial charge is 0.417 e. The number of amides is 2. The standard InChI is InChI=1S/C31H36BrNO8/c1-3-23(39-18-21-11-6-4-7-12-21)19-38-16-10-15-26-24(32)17-27(41-26)28(34)29(37-2)30(35)33-25(20-40-31(33)36)22-13-8-5-9-14-22/h4-9,11-14,17,23,25,28-29,34H,3,10,15-16,18-20H2,1-2H3/t23-,25+,28+,29-/m0/s1. The molecule has 9 nitrogen and oxygen atoms in total. The number of benzene rings is 2. The molecule has 1 aromatic heterocycles. The Morgan fingerprint density at radius 2 is 1.85 bits per heavy atom. The molecule has 4 atom stereocenters. The number of carbonyl (C=O) groups excluding carboxylic acids is 2. The van der Waals surface area contributed by atoms with Crippen molar-refractivity contribution < 1.29 is 38.1 Å². The molecule has 2 aromatic carbocycles. The second-order valence-electron chi connectivity index (χ2n) is 9.74. The number of aryl methyl sites for hydroxylation is 1. The van der Waals surface area contributed by atoms with Crippen molar-refractivity contribution in [2.24, 2.45) is 0 Å². The van der Waals surface area contributed by atoms with Crippen LogP contribution in [0.25, 0.3) is 0 Å². The van der Waals surface area contributed by atoms with Crippen LogP contribution in [-0.4, -0.2) is 61.1 Å². The Balaban J connectivity index is 1.29. The zero-order chi connectivity index (χ0) is 29.2. The van der Waals surface area contributed by atoms with Gasteiger partial charge in [-0.25, -0.2) is 9.69 Å². The molecule has 0 bridgehead atoms. The van der Waals surface area contributed by atoms with Crippen molar-refractivity contribution in [3.63, 3.8) is 0 Å². The predicted octanol–water partition coefficient (Wildman–Crippen LogP) is 5.76. The van der Waals surface area contributed by atoms with E-state index in [1.807, 2.05) is 60.7 Å². The number of methoxy groups -OCH3 is 1. The summed E-state index contributed by atoms with van der Waals surface area (Å²) in [5.74, 6) is 0.0519. The highest BCUT2D eigenvalue weighted by molar-refractivity contribution is 9.10. The van der Waals surface area contributed by atoms with Gasteiger partial charge < -0.3 is 28.5 Å². The summed E-state index contributed by atoms with van der Waals surface area (Å²) >= 11 is 3.48. The largest absolute Gasteiger partial charge is 0.462 e. The summed E-state index contributed by atoms with van der Waals surface area (Å²) in [4.78, 5) is 26.9. The molecule has 0 unspecified atom stereocenters. The zero-order valence-electron chi connectivity index (χ0n) is 23.2. The highest BCUT2D eigenvalue weighted by atomic mass is 79.9. The lowest BCUT2D eigenvalue weighted by atomic mass is 10.0. The van der Waals surface area contributed by atoms with Crippen molar-refractivity contribution >= 4 is 27.9 Å². The first-order chi connectivity index (χ1) is 19.9. The highest BCUT2D eigenvalue weighted by Crippen LogP contribution is 2.33. The molecule has 1 saturated heterocycles. The number of aliphatic hydroxyl groups is 1. The molecule has 1 fully saturated rings. The summed E-state index contributed by atoms with van der Waals surface area (Å²) < 4.78 is 28.9. The number of hydrogen-bond donors (Lipinski definition) is 1. The third kappa shape index (κ3) is 8.05. The van der Waals surface area contributed by atoms with Gasteiger partial charge in [-0.2, -0.15) is 0 Å². The van der Waals surface area contributed by atoms with E-state index in [1.165, 1.54) is 7.11 Å². The van der Waals surface area contributed by atoms with E-state index in [9.17, 15) is 14.7 Å². The maximum absolute atomic E-state index is 13.4. The fraction of sp³-hybridized carbons (Fsp3) is 0.419. The van der Waals surface area contributed by atoms with Crippen LogP contribution in [-0.2, 0) is 36.8 Å². The van der Waals surface area contributed by atoms with Crippen LogP contribution in [0.5, 0.6) is 0 Å². The third-order valence-electron chi connectivity index (χ3n) is 6.93. The number of hydrogen-bond acceptors (Lipinski definition) is 8. The Morgan fingerprint density at radius 3 is 2.54 bits per heavy atom. The summed E-state index contributed by atoms with van der Waals surface area (Å²) in [6, 6.07) is 20.1. The van der Waals surface area contributed by atoms with Crippen LogP contribution in [0.4, 0.5) is 4.79 Å². The van der Waals surface area contributed by atoms with Gasteiger partial charge in [0.2, 0.25) is 0 Å². The normalized spacial score (nSPS) is 17.3. The molecule has 220 valence electrons. The van der Waals surface area contributed by atoms with Crippen LogP contribution < -0.4 is 0 Å². The Bertz CT molecular complexity index is 1250. The summed E-state index contributed by atoms with van der Waals surface area (Å²) in [6.45, 7) is 3.64. The average Bonchev–Trinajstić information content (AvgIpc) is 3.57. The molecule has 3 aromatic rings. The van der Waals surface area contributed by atoms with Gasteiger partial charge in [-0.05, 0) is 46.0 Å². The number of halogens is 1. The Labute approximate surface area is 248 Å². The molecule has 1 aliphatic heterocycles. The number of carbonyl (C=O) groups is 2. The van der Waals surface area contributed by atoms with Gasteiger partial charge in [0.1, 0.15) is 30.3 Å². The SMILES string of the molecule is CC[C@@H](COCCCc1oc([C@@H](O)[C@H](OC)C(=O)N2C(=O)OC[C@@H]2c2ccccc2)cc1Br)OCc1ccccc1. The monoisotopic (exact) mass is 629 g/mol. The van der Waals surface area contributed by atoms with Gasteiger partial charge >= 0.3 is 6.09 Å². The maximum atomic E-state index is 13.4. The Kier molecular flexibility index (Phi) is 11.5. The van der Waals surface area contributed by atoms with Crippen molar-refractivity contribution in [3.05, 3.63) is 93.9 Å². The number of ether oxygens (including phenoxy) is 4. The minimum Gasteiger partial charge on any atom is -0.462 e. The van der Waals surface area contributed by atoms with E-state index in [1.54, 1.807) is 6.07 Å². The number of furan rings is 1. The molecular formula is C31H36BrNO8. The van der Waals surface area contributed by atoms with Crippen LogP contribution in [0.3, 0.4) is 0 Å². The predicted molar refractivity (Wildman–Crippen MR) is 154 cm³/mol. The van der Waals surface area contributed by atoms with Gasteiger partial charge in [0.15, 0.2) is 6.10 Å². The van der Waals surface area contributed by atoms with Crippen LogP contribution >= 0.6 is 15.9 Å². The fourth-order valence-corrected chi connectivity index (χ4v) is 5.11. The first-order valence-corrected chi connectivity index (χ1v) is 14.5. The van der Waals surface area contributed by atoms with E-state index in [0.717, 1.165) is 22.4 Å². The minimum atomic E-state index is -1.44. The molecule has 0 saturated carbocycles. The molecule has 0 spiro atoms. The first kappa shape index (κ1) is 30.9. The van der Waals surface area contributed by atoms with Crippen LogP contribution in [0.1, 0.15) is 54.6 Å². The molecule has 10 heteroatoms. The van der Waals surface area contributed by atoms with Gasteiger partial charge in [-0.1, -0.05) is 67.6 Å². The number of imide groups is 1. The third-order valence-corrected chi connectivity index (χ3v) is 7.60. The molecule has 4 rings (SSSR count). The Morgan fingerprint density at radius 1 is 1.15 bits per heavy atom. The molecule has 2 amide bonds. The first-order valence-electron chi connectivity index (χ1n) is 13.7. The van der Waals surface area contributed by atoms with E-state index in [-0.39, 0.29) is 18.5 Å². The molecule has 41 heavy (non-hydrogen) atoms. The number of cyclic esters (lactones) is 1. The second-order valence-corrected chi connectivity index (χ2v) is 10.6. The van der Waals surface area contributed by atoms with Crippen LogP contribution in [0, 0.1) is 0 Å². The van der Waals surface area contributed by atoms with E-state index in [2.05, 4.69) is 22.9 Å². The van der Waals surface area contributed by atoms with E-state index >= 15 is 0 Å². The topological polar surface area (TPSA) is 108 Å². The van der Waals surface area contributed by atoms with Crippen molar-refractivity contribution in [3.8, 4) is 0 Å². The lowest BCUT2D eigenvalue weighted by Gasteiger charge is -2.26. The van der Waals surface area contributed by atoms with Gasteiger partial charge in [0.25, 0.3) is 5.91 Å². The highest BCUT2D eigenvalue weighted by Gasteiger charge is 2.44. The van der Waals surface area contributed by atoms with Crippen molar-refractivity contribution in [2.45, 2.75) is 57.1 Å². The van der Waals surface area contributed by atoms with Crippen LogP contribution in [0.15, 0.2) is 75.6 Å². The zero-order valence-corrected chi connectivity index (χ0v) is 24.8. The molecule has 1 aliphatic rings. The van der Waals surface area contributed by atoms with E-state index in [4.69, 9.17) is 23.4 Å². The molecule has 1 N–H and O–H groups in total. The molecular weight excluding hydrogens is 594 g/mol. The lowest BCUT2D eigenvalue weighted by Crippen LogP contribution is -2.44. The molecule has 2 heterocycles. The number of aliphatic hydroxyl groups excluding tert-OH is 1. The van der Waals surface area contributed by atoms with E-state index < -0.39 is 30.3 Å². The van der Waals surface area contributed by atoms with Crippen molar-refractivity contribution in [2.75, 3.05) is 26.9 Å². The summed E-state index contributed by atoms with van der Waals surface area (Å²) in [6.07, 6.45) is -1.51. The summed E-state index contributed by atoms with van der Waals surface area (Å²) in [5.41, 5.74) is 1.87. The van der Waals surface area contributed by atoms with Gasteiger partial charge in [0.05, 0.1) is 23.8 Å². The quantitative estimate of drug-likeness (QED) is 0.212.